The highest BCUT2D eigenvalue weighted by molar-refractivity contribution is 5.97. The van der Waals surface area contributed by atoms with Crippen LogP contribution >= 0.6 is 0 Å². The molecule has 0 saturated heterocycles. The van der Waals surface area contributed by atoms with Gasteiger partial charge in [0.1, 0.15) is 23.2 Å². The van der Waals surface area contributed by atoms with Gasteiger partial charge >= 0.3 is 0 Å². The van der Waals surface area contributed by atoms with Crippen LogP contribution in [0.15, 0.2) is 30.3 Å². The number of aromatic nitrogens is 2. The minimum Gasteiger partial charge on any atom is -0.492 e. The van der Waals surface area contributed by atoms with E-state index in [1.54, 1.807) is 13.8 Å². The van der Waals surface area contributed by atoms with Gasteiger partial charge in [-0.05, 0) is 38.5 Å². The molecule has 33 heavy (non-hydrogen) atoms. The smallest absolute Gasteiger partial charge is 0.266 e. The van der Waals surface area contributed by atoms with Crippen molar-refractivity contribution in [2.75, 3.05) is 25.0 Å². The number of fused-ring (bicyclic) bond motifs is 3. The summed E-state index contributed by atoms with van der Waals surface area (Å²) in [6.45, 7) is 5.84. The molecular weight excluding hydrogens is 429 g/mol. The van der Waals surface area contributed by atoms with Gasteiger partial charge in [-0.2, -0.15) is 0 Å². The Morgan fingerprint density at radius 3 is 2.73 bits per heavy atom. The highest BCUT2D eigenvalue weighted by Gasteiger charge is 2.26. The molecule has 0 unspecified atom stereocenters. The molecule has 3 aromatic rings. The molecule has 0 amide bonds. The maximum absolute atomic E-state index is 14.8. The van der Waals surface area contributed by atoms with Gasteiger partial charge in [0.05, 0.1) is 23.7 Å². The Morgan fingerprint density at radius 1 is 1.15 bits per heavy atom. The van der Waals surface area contributed by atoms with Crippen molar-refractivity contribution < 1.29 is 17.9 Å². The second kappa shape index (κ2) is 8.67. The molecule has 2 N–H and O–H groups in total. The van der Waals surface area contributed by atoms with Crippen molar-refractivity contribution >= 4 is 22.3 Å². The molecule has 172 valence electrons. The van der Waals surface area contributed by atoms with E-state index in [-0.39, 0.29) is 5.56 Å². The number of hydrogen-bond donors (Lipinski definition) is 2. The molecule has 1 aromatic heterocycles. The van der Waals surface area contributed by atoms with Gasteiger partial charge in [0, 0.05) is 35.0 Å². The number of halogens is 3. The van der Waals surface area contributed by atoms with E-state index in [2.05, 4.69) is 21.7 Å². The molecule has 0 saturated carbocycles. The lowest BCUT2D eigenvalue weighted by Gasteiger charge is -2.21. The van der Waals surface area contributed by atoms with Crippen LogP contribution in [-0.2, 0) is 6.42 Å². The first-order valence-electron chi connectivity index (χ1n) is 11.1. The fourth-order valence-electron chi connectivity index (χ4n) is 4.65. The largest absolute Gasteiger partial charge is 0.492 e. The average molecular weight is 454 g/mol. The van der Waals surface area contributed by atoms with Gasteiger partial charge < -0.3 is 15.4 Å². The van der Waals surface area contributed by atoms with Gasteiger partial charge in [0.25, 0.3) is 6.43 Å². The third kappa shape index (κ3) is 3.93. The summed E-state index contributed by atoms with van der Waals surface area (Å²) in [6.07, 6.45) is 0.936. The summed E-state index contributed by atoms with van der Waals surface area (Å²) in [5.41, 5.74) is 3.68. The highest BCUT2D eigenvalue weighted by Crippen LogP contribution is 2.42. The molecule has 2 aromatic carbocycles. The van der Waals surface area contributed by atoms with E-state index in [1.807, 2.05) is 6.07 Å². The van der Waals surface area contributed by atoms with Crippen molar-refractivity contribution in [3.8, 4) is 5.75 Å². The first-order chi connectivity index (χ1) is 15.9. The van der Waals surface area contributed by atoms with E-state index in [9.17, 15) is 13.2 Å². The van der Waals surface area contributed by atoms with Crippen LogP contribution in [0.2, 0.25) is 0 Å². The number of benzene rings is 2. The standard InChI is InChI=1S/C25H25F3N4O/c1-13(16-4-3-5-17(21(16)26)24(27)28)30-25-20-12-19(15-6-9-29-10-7-15)23-18(8-11-33-23)22(20)31-14(2)32-25/h3-6,12-13,24,29H,7-11H2,1-2H3,(H,30,31,32)/t13-/m1/s1. The molecule has 0 fully saturated rings. The Balaban J connectivity index is 1.62. The summed E-state index contributed by atoms with van der Waals surface area (Å²) in [6, 6.07) is 5.55. The SMILES string of the molecule is Cc1nc(N[C@H](C)c2cccc(C(F)F)c2F)c2cc(C3=CCNCC3)c3c(c2n1)CCO3. The predicted octanol–water partition coefficient (Wildman–Crippen LogP) is 5.50. The number of ether oxygens (including phenoxy) is 1. The number of hydrogen-bond acceptors (Lipinski definition) is 5. The molecule has 1 atom stereocenters. The molecule has 0 radical (unpaired) electrons. The van der Waals surface area contributed by atoms with Crippen LogP contribution in [0.25, 0.3) is 16.5 Å². The predicted molar refractivity (Wildman–Crippen MR) is 122 cm³/mol. The van der Waals surface area contributed by atoms with Gasteiger partial charge in [0.2, 0.25) is 0 Å². The van der Waals surface area contributed by atoms with Crippen LogP contribution in [0.5, 0.6) is 5.75 Å². The maximum Gasteiger partial charge on any atom is 0.266 e. The number of nitrogens with zero attached hydrogens (tertiary/aromatic N) is 2. The number of nitrogens with one attached hydrogen (secondary N) is 2. The number of rotatable bonds is 5. The van der Waals surface area contributed by atoms with Crippen LogP contribution in [-0.4, -0.2) is 29.7 Å². The molecule has 0 bridgehead atoms. The zero-order valence-electron chi connectivity index (χ0n) is 18.5. The molecule has 5 rings (SSSR count). The van der Waals surface area contributed by atoms with Crippen LogP contribution in [0.3, 0.4) is 0 Å². The molecule has 3 heterocycles. The first kappa shape index (κ1) is 21.7. The highest BCUT2D eigenvalue weighted by atomic mass is 19.3. The molecule has 0 spiro atoms. The lowest BCUT2D eigenvalue weighted by molar-refractivity contribution is 0.146. The number of aryl methyl sites for hydroxylation is 1. The van der Waals surface area contributed by atoms with Gasteiger partial charge in [0.15, 0.2) is 0 Å². The molecule has 2 aliphatic rings. The van der Waals surface area contributed by atoms with Crippen LogP contribution in [0.4, 0.5) is 19.0 Å². The van der Waals surface area contributed by atoms with E-state index < -0.39 is 23.8 Å². The van der Waals surface area contributed by atoms with Crippen LogP contribution < -0.4 is 15.4 Å². The summed E-state index contributed by atoms with van der Waals surface area (Å²) in [4.78, 5) is 9.29. The summed E-state index contributed by atoms with van der Waals surface area (Å²) < 4.78 is 47.2. The summed E-state index contributed by atoms with van der Waals surface area (Å²) >= 11 is 0. The van der Waals surface area contributed by atoms with E-state index in [4.69, 9.17) is 9.72 Å². The summed E-state index contributed by atoms with van der Waals surface area (Å²) in [5, 5.41) is 7.40. The average Bonchev–Trinajstić information content (AvgIpc) is 3.29. The monoisotopic (exact) mass is 454 g/mol. The lowest BCUT2D eigenvalue weighted by Crippen LogP contribution is -2.20. The minimum absolute atomic E-state index is 0.169. The quantitative estimate of drug-likeness (QED) is 0.533. The molecule has 2 aliphatic heterocycles. The third-order valence-electron chi connectivity index (χ3n) is 6.27. The first-order valence-corrected chi connectivity index (χ1v) is 11.1. The Morgan fingerprint density at radius 2 is 1.97 bits per heavy atom. The fourth-order valence-corrected chi connectivity index (χ4v) is 4.65. The summed E-state index contributed by atoms with van der Waals surface area (Å²) in [7, 11) is 0. The van der Waals surface area contributed by atoms with Crippen molar-refractivity contribution in [2.24, 2.45) is 0 Å². The van der Waals surface area contributed by atoms with Gasteiger partial charge in [-0.15, -0.1) is 0 Å². The molecular formula is C25H25F3N4O. The molecule has 8 heteroatoms. The second-order valence-corrected chi connectivity index (χ2v) is 8.45. The topological polar surface area (TPSA) is 59.1 Å². The van der Waals surface area contributed by atoms with Crippen LogP contribution in [0, 0.1) is 12.7 Å². The van der Waals surface area contributed by atoms with Crippen LogP contribution in [0.1, 0.15) is 53.9 Å². The van der Waals surface area contributed by atoms with E-state index in [0.29, 0.717) is 18.2 Å². The Bertz CT molecular complexity index is 1260. The minimum atomic E-state index is -2.87. The number of alkyl halides is 2. The van der Waals surface area contributed by atoms with E-state index in [0.717, 1.165) is 59.8 Å². The zero-order valence-corrected chi connectivity index (χ0v) is 18.5. The summed E-state index contributed by atoms with van der Waals surface area (Å²) in [5.74, 6) is 1.11. The van der Waals surface area contributed by atoms with Crippen molar-refractivity contribution in [3.63, 3.8) is 0 Å². The number of anilines is 1. The normalized spacial score (nSPS) is 16.5. The third-order valence-corrected chi connectivity index (χ3v) is 6.27. The maximum atomic E-state index is 14.8. The fraction of sp³-hybridized carbons (Fsp3) is 0.360. The lowest BCUT2D eigenvalue weighted by atomic mass is 9.94. The van der Waals surface area contributed by atoms with E-state index in [1.165, 1.54) is 17.7 Å². The van der Waals surface area contributed by atoms with Crippen molar-refractivity contribution in [1.29, 1.82) is 0 Å². The van der Waals surface area contributed by atoms with Crippen molar-refractivity contribution in [2.45, 2.75) is 39.2 Å². The van der Waals surface area contributed by atoms with Crippen molar-refractivity contribution in [1.82, 2.24) is 15.3 Å². The Hall–Kier alpha value is -3.13. The Labute approximate surface area is 190 Å². The van der Waals surface area contributed by atoms with Gasteiger partial charge in [-0.1, -0.05) is 24.3 Å². The molecule has 0 aliphatic carbocycles. The Kier molecular flexibility index (Phi) is 5.70. The zero-order chi connectivity index (χ0) is 23.1. The van der Waals surface area contributed by atoms with E-state index >= 15 is 0 Å². The van der Waals surface area contributed by atoms with Gasteiger partial charge in [-0.3, -0.25) is 0 Å². The molecule has 5 nitrogen and oxygen atoms in total. The second-order valence-electron chi connectivity index (χ2n) is 8.45. The van der Waals surface area contributed by atoms with Gasteiger partial charge in [-0.25, -0.2) is 23.1 Å². The van der Waals surface area contributed by atoms with Crippen molar-refractivity contribution in [3.05, 3.63) is 64.2 Å².